The van der Waals surface area contributed by atoms with E-state index in [9.17, 15) is 23.5 Å². The Morgan fingerprint density at radius 2 is 1.46 bits per heavy atom. The Balaban J connectivity index is 1.51. The molecule has 0 bridgehead atoms. The highest BCUT2D eigenvalue weighted by atomic mass is 19.1. The lowest BCUT2D eigenvalue weighted by Gasteiger charge is -2.40. The summed E-state index contributed by atoms with van der Waals surface area (Å²) >= 11 is 0. The SMILES string of the molecule is CC(C)(C)Oc1nccnc1CN1CCC(O)(CN(C(=O)c2ccccc2F)C(=O)c2ccccc2F)CC1. The Labute approximate surface area is 226 Å². The van der Waals surface area contributed by atoms with Crippen molar-refractivity contribution < 1.29 is 28.2 Å². The molecule has 2 amide bonds. The zero-order valence-electron chi connectivity index (χ0n) is 22.2. The van der Waals surface area contributed by atoms with Crippen molar-refractivity contribution in [3.8, 4) is 5.88 Å². The van der Waals surface area contributed by atoms with Crippen molar-refractivity contribution in [2.45, 2.75) is 51.4 Å². The number of amides is 2. The third kappa shape index (κ3) is 7.01. The van der Waals surface area contributed by atoms with E-state index in [-0.39, 0.29) is 24.0 Å². The van der Waals surface area contributed by atoms with Crippen LogP contribution in [0.3, 0.4) is 0 Å². The Hall–Kier alpha value is -3.76. The maximum Gasteiger partial charge on any atom is 0.263 e. The summed E-state index contributed by atoms with van der Waals surface area (Å²) in [6.45, 7) is 6.64. The molecule has 8 nitrogen and oxygen atoms in total. The summed E-state index contributed by atoms with van der Waals surface area (Å²) in [5.74, 6) is -3.08. The van der Waals surface area contributed by atoms with E-state index in [1.54, 1.807) is 12.4 Å². The first kappa shape index (κ1) is 28.3. The number of hydrogen-bond acceptors (Lipinski definition) is 7. The van der Waals surface area contributed by atoms with Gasteiger partial charge in [-0.1, -0.05) is 24.3 Å². The predicted octanol–water partition coefficient (Wildman–Crippen LogP) is 4.24. The monoisotopic (exact) mass is 538 g/mol. The van der Waals surface area contributed by atoms with Crippen molar-refractivity contribution in [1.29, 1.82) is 0 Å². The molecule has 2 aromatic carbocycles. The molecule has 0 radical (unpaired) electrons. The summed E-state index contributed by atoms with van der Waals surface area (Å²) in [6, 6.07) is 10.5. The van der Waals surface area contributed by atoms with Crippen LogP contribution in [0.15, 0.2) is 60.9 Å². The Morgan fingerprint density at radius 3 is 1.97 bits per heavy atom. The highest BCUT2D eigenvalue weighted by Crippen LogP contribution is 2.28. The minimum atomic E-state index is -1.45. The van der Waals surface area contributed by atoms with Gasteiger partial charge in [0.1, 0.15) is 22.9 Å². The van der Waals surface area contributed by atoms with Crippen molar-refractivity contribution >= 4 is 11.8 Å². The van der Waals surface area contributed by atoms with Gasteiger partial charge in [-0.15, -0.1) is 0 Å². The fraction of sp³-hybridized carbons (Fsp3) is 0.379. The topological polar surface area (TPSA) is 95.9 Å². The van der Waals surface area contributed by atoms with Gasteiger partial charge in [0.05, 0.1) is 23.3 Å². The number of likely N-dealkylation sites (tertiary alicyclic amines) is 1. The number of piperidine rings is 1. The minimum absolute atomic E-state index is 0.217. The number of rotatable bonds is 7. The molecule has 0 atom stereocenters. The number of carbonyl (C=O) groups excluding carboxylic acids is 2. The van der Waals surface area contributed by atoms with E-state index in [2.05, 4.69) is 14.9 Å². The van der Waals surface area contributed by atoms with Crippen LogP contribution in [-0.2, 0) is 6.54 Å². The van der Waals surface area contributed by atoms with Crippen LogP contribution >= 0.6 is 0 Å². The van der Waals surface area contributed by atoms with Gasteiger partial charge in [0, 0.05) is 32.0 Å². The molecule has 39 heavy (non-hydrogen) atoms. The molecule has 2 heterocycles. The zero-order valence-corrected chi connectivity index (χ0v) is 22.2. The molecule has 3 aromatic rings. The fourth-order valence-corrected chi connectivity index (χ4v) is 4.43. The quantitative estimate of drug-likeness (QED) is 0.450. The summed E-state index contributed by atoms with van der Waals surface area (Å²) < 4.78 is 34.9. The maximum absolute atomic E-state index is 14.5. The van der Waals surface area contributed by atoms with Crippen LogP contribution in [0.2, 0.25) is 0 Å². The molecule has 1 aliphatic heterocycles. The standard InChI is InChI=1S/C29H32F2N4O4/c1-28(2,3)39-25-24(32-14-15-33-25)18-34-16-12-29(38,13-17-34)19-35(26(36)20-8-4-6-10-22(20)30)27(37)21-9-5-7-11-23(21)31/h4-11,14-15,38H,12-13,16-19H2,1-3H3. The Morgan fingerprint density at radius 1 is 0.949 bits per heavy atom. The maximum atomic E-state index is 14.5. The van der Waals surface area contributed by atoms with Crippen LogP contribution in [0.25, 0.3) is 0 Å². The van der Waals surface area contributed by atoms with Gasteiger partial charge in [0.15, 0.2) is 0 Å². The molecule has 0 aliphatic carbocycles. The van der Waals surface area contributed by atoms with Gasteiger partial charge in [0.25, 0.3) is 11.8 Å². The van der Waals surface area contributed by atoms with Crippen molar-refractivity contribution in [3.63, 3.8) is 0 Å². The lowest BCUT2D eigenvalue weighted by atomic mass is 9.90. The van der Waals surface area contributed by atoms with Gasteiger partial charge in [-0.2, -0.15) is 0 Å². The van der Waals surface area contributed by atoms with Gasteiger partial charge in [-0.3, -0.25) is 24.4 Å². The highest BCUT2D eigenvalue weighted by molar-refractivity contribution is 6.10. The number of ether oxygens (including phenoxy) is 1. The van der Waals surface area contributed by atoms with E-state index in [1.165, 1.54) is 36.4 Å². The molecule has 1 fully saturated rings. The van der Waals surface area contributed by atoms with E-state index in [1.807, 2.05) is 20.8 Å². The second-order valence-electron chi connectivity index (χ2n) is 10.7. The second kappa shape index (κ2) is 11.5. The fourth-order valence-electron chi connectivity index (χ4n) is 4.43. The van der Waals surface area contributed by atoms with Gasteiger partial charge in [0.2, 0.25) is 5.88 Å². The number of aliphatic hydroxyl groups is 1. The normalized spacial score (nSPS) is 15.5. The molecule has 0 unspecified atom stereocenters. The van der Waals surface area contributed by atoms with Crippen LogP contribution < -0.4 is 4.74 Å². The van der Waals surface area contributed by atoms with Gasteiger partial charge in [-0.25, -0.2) is 13.8 Å². The molecular weight excluding hydrogens is 506 g/mol. The third-order valence-electron chi connectivity index (χ3n) is 6.45. The first-order valence-electron chi connectivity index (χ1n) is 12.7. The van der Waals surface area contributed by atoms with Crippen LogP contribution in [0, 0.1) is 11.6 Å². The Kier molecular flexibility index (Phi) is 8.36. The van der Waals surface area contributed by atoms with Crippen LogP contribution in [0.1, 0.15) is 60.0 Å². The zero-order chi connectivity index (χ0) is 28.2. The molecule has 1 saturated heterocycles. The number of nitrogens with zero attached hydrogens (tertiary/aromatic N) is 4. The first-order chi connectivity index (χ1) is 18.5. The third-order valence-corrected chi connectivity index (χ3v) is 6.45. The average molecular weight is 539 g/mol. The largest absolute Gasteiger partial charge is 0.471 e. The molecule has 206 valence electrons. The van der Waals surface area contributed by atoms with Crippen molar-refractivity contribution in [1.82, 2.24) is 19.8 Å². The average Bonchev–Trinajstić information content (AvgIpc) is 2.89. The van der Waals surface area contributed by atoms with Crippen molar-refractivity contribution in [2.75, 3.05) is 19.6 Å². The summed E-state index contributed by atoms with van der Waals surface area (Å²) in [4.78, 5) is 38.2. The van der Waals surface area contributed by atoms with Crippen LogP contribution in [0.4, 0.5) is 8.78 Å². The van der Waals surface area contributed by atoms with Gasteiger partial charge < -0.3 is 9.84 Å². The smallest absolute Gasteiger partial charge is 0.263 e. The Bertz CT molecular complexity index is 1280. The van der Waals surface area contributed by atoms with E-state index in [0.717, 1.165) is 17.0 Å². The van der Waals surface area contributed by atoms with Crippen molar-refractivity contribution in [3.05, 3.63) is 89.4 Å². The number of halogens is 2. The minimum Gasteiger partial charge on any atom is -0.471 e. The van der Waals surface area contributed by atoms with E-state index < -0.39 is 41.2 Å². The van der Waals surface area contributed by atoms with Gasteiger partial charge in [-0.05, 0) is 57.9 Å². The molecule has 1 N–H and O–H groups in total. The number of imide groups is 1. The van der Waals surface area contributed by atoms with E-state index in [4.69, 9.17) is 4.74 Å². The number of aromatic nitrogens is 2. The molecule has 0 spiro atoms. The molecule has 1 aromatic heterocycles. The summed E-state index contributed by atoms with van der Waals surface area (Å²) in [7, 11) is 0. The second-order valence-corrected chi connectivity index (χ2v) is 10.7. The summed E-state index contributed by atoms with van der Waals surface area (Å²) in [5.41, 5.74) is -1.92. The van der Waals surface area contributed by atoms with E-state index in [0.29, 0.717) is 31.2 Å². The van der Waals surface area contributed by atoms with E-state index >= 15 is 0 Å². The summed E-state index contributed by atoms with van der Waals surface area (Å²) in [5, 5.41) is 11.5. The highest BCUT2D eigenvalue weighted by Gasteiger charge is 2.39. The summed E-state index contributed by atoms with van der Waals surface area (Å²) in [6.07, 6.45) is 3.58. The van der Waals surface area contributed by atoms with Crippen LogP contribution in [-0.4, -0.2) is 67.5 Å². The van der Waals surface area contributed by atoms with Crippen molar-refractivity contribution in [2.24, 2.45) is 0 Å². The number of benzene rings is 2. The number of carbonyl (C=O) groups is 2. The molecular formula is C29H32F2N4O4. The first-order valence-corrected chi connectivity index (χ1v) is 12.7. The molecule has 4 rings (SSSR count). The number of hydrogen-bond donors (Lipinski definition) is 1. The lowest BCUT2D eigenvalue weighted by Crippen LogP contribution is -2.53. The van der Waals surface area contributed by atoms with Gasteiger partial charge >= 0.3 is 0 Å². The molecule has 0 saturated carbocycles. The molecule has 1 aliphatic rings. The lowest BCUT2D eigenvalue weighted by molar-refractivity contribution is -0.0395. The van der Waals surface area contributed by atoms with Crippen LogP contribution in [0.5, 0.6) is 5.88 Å². The molecule has 10 heteroatoms. The predicted molar refractivity (Wildman–Crippen MR) is 140 cm³/mol.